The van der Waals surface area contributed by atoms with E-state index in [1.807, 2.05) is 29.2 Å². The number of carboxylic acids is 1. The molecule has 0 amide bonds. The lowest BCUT2D eigenvalue weighted by Gasteiger charge is -2.21. The number of halogens is 1. The zero-order valence-corrected chi connectivity index (χ0v) is 12.9. The highest BCUT2D eigenvalue weighted by molar-refractivity contribution is 9.11. The number of rotatable bonds is 3. The average Bonchev–Trinajstić information content (AvgIpc) is 3.07. The van der Waals surface area contributed by atoms with E-state index in [1.54, 1.807) is 11.3 Å². The van der Waals surface area contributed by atoms with Crippen molar-refractivity contribution in [3.05, 3.63) is 28.1 Å². The summed E-state index contributed by atoms with van der Waals surface area (Å²) >= 11 is 5.01. The fourth-order valence-corrected chi connectivity index (χ4v) is 3.71. The topological polar surface area (TPSA) is 66.3 Å². The van der Waals surface area contributed by atoms with Gasteiger partial charge >= 0.3 is 5.97 Å². The second-order valence-electron chi connectivity index (χ2n) is 4.57. The maximum atomic E-state index is 11.2. The molecule has 20 heavy (non-hydrogen) atoms. The average molecular weight is 354 g/mol. The number of anilines is 1. The molecule has 0 unspecified atom stereocenters. The molecule has 5 nitrogen and oxygen atoms in total. The highest BCUT2D eigenvalue weighted by atomic mass is 79.9. The summed E-state index contributed by atoms with van der Waals surface area (Å²) in [6, 6.07) is 7.20. The molecule has 1 aliphatic rings. The molecule has 3 heterocycles. The van der Waals surface area contributed by atoms with E-state index in [9.17, 15) is 9.90 Å². The van der Waals surface area contributed by atoms with Gasteiger partial charge in [0.05, 0.1) is 8.66 Å². The van der Waals surface area contributed by atoms with E-state index in [0.29, 0.717) is 12.2 Å². The van der Waals surface area contributed by atoms with E-state index in [4.69, 9.17) is 0 Å². The number of aromatic nitrogens is 2. The maximum absolute atomic E-state index is 11.2. The molecule has 2 aromatic heterocycles. The van der Waals surface area contributed by atoms with Gasteiger partial charge in [0.1, 0.15) is 11.7 Å². The SMILES string of the molecule is O=C(O)[C@H]1CCCN1c1ccc(-c2ccc(Br)s2)nn1. The molecule has 1 aliphatic heterocycles. The van der Waals surface area contributed by atoms with E-state index in [2.05, 4.69) is 26.1 Å². The number of thiophene rings is 1. The molecule has 0 saturated carbocycles. The van der Waals surface area contributed by atoms with E-state index >= 15 is 0 Å². The fraction of sp³-hybridized carbons (Fsp3) is 0.308. The zero-order valence-electron chi connectivity index (χ0n) is 10.5. The zero-order chi connectivity index (χ0) is 14.1. The Morgan fingerprint density at radius 1 is 1.35 bits per heavy atom. The van der Waals surface area contributed by atoms with Crippen LogP contribution in [0.1, 0.15) is 12.8 Å². The third-order valence-corrected chi connectivity index (χ3v) is 4.95. The molecule has 104 valence electrons. The monoisotopic (exact) mass is 353 g/mol. The van der Waals surface area contributed by atoms with Gasteiger partial charge in [-0.15, -0.1) is 21.5 Å². The predicted molar refractivity (Wildman–Crippen MR) is 81.0 cm³/mol. The normalized spacial score (nSPS) is 18.4. The van der Waals surface area contributed by atoms with Crippen LogP contribution in [0.4, 0.5) is 5.82 Å². The van der Waals surface area contributed by atoms with Crippen molar-refractivity contribution in [2.45, 2.75) is 18.9 Å². The molecule has 0 aliphatic carbocycles. The van der Waals surface area contributed by atoms with Crippen molar-refractivity contribution in [1.82, 2.24) is 10.2 Å². The van der Waals surface area contributed by atoms with Crippen LogP contribution in [0, 0.1) is 0 Å². The lowest BCUT2D eigenvalue weighted by Crippen LogP contribution is -2.36. The summed E-state index contributed by atoms with van der Waals surface area (Å²) in [4.78, 5) is 14.0. The number of nitrogens with zero attached hydrogens (tertiary/aromatic N) is 3. The fourth-order valence-electron chi connectivity index (χ4n) is 2.36. The first-order valence-corrected chi connectivity index (χ1v) is 7.85. The van der Waals surface area contributed by atoms with Crippen LogP contribution >= 0.6 is 27.3 Å². The molecule has 0 radical (unpaired) electrons. The van der Waals surface area contributed by atoms with Crippen LogP contribution in [0.3, 0.4) is 0 Å². The summed E-state index contributed by atoms with van der Waals surface area (Å²) in [6.07, 6.45) is 1.54. The summed E-state index contributed by atoms with van der Waals surface area (Å²) in [5.74, 6) is -0.162. The Morgan fingerprint density at radius 2 is 2.20 bits per heavy atom. The van der Waals surface area contributed by atoms with Crippen molar-refractivity contribution in [1.29, 1.82) is 0 Å². The van der Waals surface area contributed by atoms with Crippen molar-refractivity contribution < 1.29 is 9.90 Å². The summed E-state index contributed by atoms with van der Waals surface area (Å²) in [6.45, 7) is 0.718. The van der Waals surface area contributed by atoms with Crippen molar-refractivity contribution in [3.63, 3.8) is 0 Å². The first-order chi connectivity index (χ1) is 9.65. The van der Waals surface area contributed by atoms with Gasteiger partial charge in [0.2, 0.25) is 0 Å². The first-order valence-electron chi connectivity index (χ1n) is 6.24. The largest absolute Gasteiger partial charge is 0.480 e. The Labute approximate surface area is 128 Å². The lowest BCUT2D eigenvalue weighted by atomic mass is 10.2. The number of hydrogen-bond acceptors (Lipinski definition) is 5. The van der Waals surface area contributed by atoms with Gasteiger partial charge in [-0.25, -0.2) is 4.79 Å². The van der Waals surface area contributed by atoms with Crippen LogP contribution in [0.5, 0.6) is 0 Å². The van der Waals surface area contributed by atoms with Crippen LogP contribution in [0.15, 0.2) is 28.1 Å². The van der Waals surface area contributed by atoms with Crippen LogP contribution < -0.4 is 4.90 Å². The number of carbonyl (C=O) groups is 1. The van der Waals surface area contributed by atoms with Gasteiger partial charge in [0, 0.05) is 6.54 Å². The molecule has 0 spiro atoms. The van der Waals surface area contributed by atoms with Gasteiger partial charge in [0.25, 0.3) is 0 Å². The van der Waals surface area contributed by atoms with Crippen molar-refractivity contribution in [2.75, 3.05) is 11.4 Å². The molecule has 1 atom stereocenters. The summed E-state index contributed by atoms with van der Waals surface area (Å²) in [5.41, 5.74) is 0.801. The van der Waals surface area contributed by atoms with Gasteiger partial charge in [0.15, 0.2) is 5.82 Å². The van der Waals surface area contributed by atoms with Crippen LogP contribution in [0.25, 0.3) is 10.6 Å². The lowest BCUT2D eigenvalue weighted by molar-refractivity contribution is -0.138. The molecule has 1 saturated heterocycles. The number of carboxylic acid groups (broad SMARTS) is 1. The van der Waals surface area contributed by atoms with Gasteiger partial charge in [-0.3, -0.25) is 0 Å². The minimum atomic E-state index is -0.796. The van der Waals surface area contributed by atoms with Gasteiger partial charge < -0.3 is 10.0 Å². The first kappa shape index (κ1) is 13.5. The quantitative estimate of drug-likeness (QED) is 0.918. The Balaban J connectivity index is 1.84. The van der Waals surface area contributed by atoms with E-state index in [0.717, 1.165) is 27.3 Å². The molecular formula is C13H12BrN3O2S. The second-order valence-corrected chi connectivity index (χ2v) is 7.03. The molecule has 0 aromatic carbocycles. The molecule has 7 heteroatoms. The van der Waals surface area contributed by atoms with E-state index in [-0.39, 0.29) is 0 Å². The highest BCUT2D eigenvalue weighted by Crippen LogP contribution is 2.31. The molecule has 1 N–H and O–H groups in total. The minimum Gasteiger partial charge on any atom is -0.480 e. The number of hydrogen-bond donors (Lipinski definition) is 1. The molecule has 2 aromatic rings. The predicted octanol–water partition coefficient (Wildman–Crippen LogP) is 3.02. The standard InChI is InChI=1S/C13H12BrN3O2S/c14-11-5-4-10(20-11)8-3-6-12(16-15-8)17-7-1-2-9(17)13(18)19/h3-6,9H,1-2,7H2,(H,18,19)/t9-/m1/s1. The Bertz CT molecular complexity index is 629. The van der Waals surface area contributed by atoms with Gasteiger partial charge in [-0.05, 0) is 53.0 Å². The third kappa shape index (κ3) is 2.55. The summed E-state index contributed by atoms with van der Waals surface area (Å²) in [5, 5.41) is 17.6. The Kier molecular flexibility index (Phi) is 3.71. The third-order valence-electron chi connectivity index (χ3n) is 3.31. The minimum absolute atomic E-state index is 0.481. The van der Waals surface area contributed by atoms with Crippen LogP contribution in [-0.2, 0) is 4.79 Å². The van der Waals surface area contributed by atoms with Gasteiger partial charge in [-0.1, -0.05) is 0 Å². The highest BCUT2D eigenvalue weighted by Gasteiger charge is 2.31. The van der Waals surface area contributed by atoms with Crippen molar-refractivity contribution >= 4 is 39.1 Å². The molecule has 3 rings (SSSR count). The number of aliphatic carboxylic acids is 1. The smallest absolute Gasteiger partial charge is 0.326 e. The summed E-state index contributed by atoms with van der Waals surface area (Å²) in [7, 11) is 0. The van der Waals surface area contributed by atoms with E-state index in [1.165, 1.54) is 0 Å². The molecular weight excluding hydrogens is 342 g/mol. The van der Waals surface area contributed by atoms with Crippen molar-refractivity contribution in [2.24, 2.45) is 0 Å². The van der Waals surface area contributed by atoms with Crippen LogP contribution in [0.2, 0.25) is 0 Å². The second kappa shape index (κ2) is 5.49. The Hall–Kier alpha value is -1.47. The van der Waals surface area contributed by atoms with Crippen LogP contribution in [-0.4, -0.2) is 33.9 Å². The maximum Gasteiger partial charge on any atom is 0.326 e. The van der Waals surface area contributed by atoms with Gasteiger partial charge in [-0.2, -0.15) is 0 Å². The van der Waals surface area contributed by atoms with Crippen molar-refractivity contribution in [3.8, 4) is 10.6 Å². The summed E-state index contributed by atoms with van der Waals surface area (Å²) < 4.78 is 1.05. The Morgan fingerprint density at radius 3 is 2.80 bits per heavy atom. The molecule has 1 fully saturated rings. The molecule has 0 bridgehead atoms. The van der Waals surface area contributed by atoms with E-state index < -0.39 is 12.0 Å².